The van der Waals surface area contributed by atoms with E-state index in [1.54, 1.807) is 36.0 Å². The van der Waals surface area contributed by atoms with E-state index < -0.39 is 0 Å². The molecule has 0 bridgehead atoms. The van der Waals surface area contributed by atoms with E-state index >= 15 is 0 Å². The number of hydrogen-bond donors (Lipinski definition) is 0. The van der Waals surface area contributed by atoms with Crippen molar-refractivity contribution in [3.8, 4) is 0 Å². The summed E-state index contributed by atoms with van der Waals surface area (Å²) in [6, 6.07) is 11.3. The average molecular weight is 315 g/mol. The highest BCUT2D eigenvalue weighted by Gasteiger charge is 2.01. The first-order chi connectivity index (χ1) is 8.15. The van der Waals surface area contributed by atoms with Gasteiger partial charge in [-0.2, -0.15) is 0 Å². The van der Waals surface area contributed by atoms with Crippen LogP contribution in [0.3, 0.4) is 0 Å². The van der Waals surface area contributed by atoms with Gasteiger partial charge in [0.2, 0.25) is 0 Å². The van der Waals surface area contributed by atoms with Gasteiger partial charge in [-0.1, -0.05) is 6.07 Å². The van der Waals surface area contributed by atoms with Crippen LogP contribution in [0, 0.1) is 11.6 Å². The Balaban J connectivity index is 2.02. The minimum absolute atomic E-state index is 0.237. The zero-order chi connectivity index (χ0) is 12.3. The quantitative estimate of drug-likeness (QED) is 0.717. The summed E-state index contributed by atoms with van der Waals surface area (Å²) in [7, 11) is 0. The second-order valence-electron chi connectivity index (χ2n) is 3.49. The van der Waals surface area contributed by atoms with Crippen molar-refractivity contribution in [3.05, 3.63) is 64.1 Å². The summed E-state index contributed by atoms with van der Waals surface area (Å²) < 4.78 is 26.2. The monoisotopic (exact) mass is 314 g/mol. The fraction of sp³-hybridized carbons (Fsp3) is 0.0769. The molecule has 0 N–H and O–H groups in total. The lowest BCUT2D eigenvalue weighted by Gasteiger charge is -2.03. The van der Waals surface area contributed by atoms with Crippen LogP contribution in [0.1, 0.15) is 5.56 Å². The highest BCUT2D eigenvalue weighted by atomic mass is 79.9. The molecule has 0 aromatic heterocycles. The Labute approximate surface area is 111 Å². The Morgan fingerprint density at radius 1 is 1.00 bits per heavy atom. The molecule has 0 heterocycles. The molecule has 0 aliphatic heterocycles. The maximum absolute atomic E-state index is 13.0. The van der Waals surface area contributed by atoms with Crippen LogP contribution in [0.5, 0.6) is 0 Å². The largest absolute Gasteiger partial charge is 0.207 e. The number of halogens is 3. The second-order valence-corrected chi connectivity index (χ2v) is 5.39. The topological polar surface area (TPSA) is 0 Å². The molecular weight excluding hydrogens is 306 g/mol. The van der Waals surface area contributed by atoms with Crippen LogP contribution >= 0.6 is 27.7 Å². The molecule has 0 aliphatic carbocycles. The summed E-state index contributed by atoms with van der Waals surface area (Å²) in [6.45, 7) is 0. The molecule has 0 nitrogen and oxygen atoms in total. The summed E-state index contributed by atoms with van der Waals surface area (Å²) in [5, 5.41) is 0. The molecule has 0 aliphatic rings. The molecule has 0 fully saturated rings. The average Bonchev–Trinajstić information content (AvgIpc) is 2.33. The zero-order valence-electron chi connectivity index (χ0n) is 8.79. The van der Waals surface area contributed by atoms with E-state index in [0.29, 0.717) is 4.47 Å². The van der Waals surface area contributed by atoms with Gasteiger partial charge in [0.25, 0.3) is 0 Å². The van der Waals surface area contributed by atoms with Crippen molar-refractivity contribution in [2.24, 2.45) is 0 Å². The van der Waals surface area contributed by atoms with Crippen LogP contribution in [-0.4, -0.2) is 0 Å². The molecule has 0 spiro atoms. The van der Waals surface area contributed by atoms with E-state index in [0.717, 1.165) is 16.2 Å². The number of benzene rings is 2. The first-order valence-electron chi connectivity index (χ1n) is 4.97. The van der Waals surface area contributed by atoms with Crippen LogP contribution in [0.25, 0.3) is 0 Å². The summed E-state index contributed by atoms with van der Waals surface area (Å²) in [4.78, 5) is 0.992. The third kappa shape index (κ3) is 3.54. The molecule has 17 heavy (non-hydrogen) atoms. The second kappa shape index (κ2) is 5.65. The fourth-order valence-electron chi connectivity index (χ4n) is 1.33. The lowest BCUT2D eigenvalue weighted by molar-refractivity contribution is 0.620. The minimum Gasteiger partial charge on any atom is -0.207 e. The van der Waals surface area contributed by atoms with Gasteiger partial charge in [-0.15, -0.1) is 11.8 Å². The van der Waals surface area contributed by atoms with Crippen molar-refractivity contribution >= 4 is 27.7 Å². The predicted octanol–water partition coefficient (Wildman–Crippen LogP) is 5.02. The van der Waals surface area contributed by atoms with Gasteiger partial charge < -0.3 is 0 Å². The van der Waals surface area contributed by atoms with Crippen molar-refractivity contribution in [2.75, 3.05) is 0 Å². The minimum atomic E-state index is -0.263. The molecule has 2 rings (SSSR count). The van der Waals surface area contributed by atoms with Crippen molar-refractivity contribution in [1.29, 1.82) is 0 Å². The number of thioether (sulfide) groups is 1. The Morgan fingerprint density at radius 3 is 2.35 bits per heavy atom. The molecule has 4 heteroatoms. The van der Waals surface area contributed by atoms with Gasteiger partial charge in [0.1, 0.15) is 11.6 Å². The maximum Gasteiger partial charge on any atom is 0.137 e. The summed E-state index contributed by atoms with van der Waals surface area (Å²) in [5.41, 5.74) is 1.02. The number of rotatable bonds is 3. The van der Waals surface area contributed by atoms with Crippen LogP contribution in [-0.2, 0) is 5.75 Å². The molecule has 0 radical (unpaired) electrons. The molecular formula is C13H9BrF2S. The van der Waals surface area contributed by atoms with E-state index in [1.165, 1.54) is 18.2 Å². The van der Waals surface area contributed by atoms with E-state index in [4.69, 9.17) is 0 Å². The molecule has 0 atom stereocenters. The van der Waals surface area contributed by atoms with Gasteiger partial charge in [-0.25, -0.2) is 8.78 Å². The van der Waals surface area contributed by atoms with Gasteiger partial charge in [-0.05, 0) is 57.9 Å². The summed E-state index contributed by atoms with van der Waals surface area (Å²) in [6.07, 6.45) is 0. The van der Waals surface area contributed by atoms with Gasteiger partial charge in [-0.3, -0.25) is 0 Å². The molecule has 0 unspecified atom stereocenters. The van der Waals surface area contributed by atoms with E-state index in [1.807, 2.05) is 0 Å². The molecule has 0 saturated carbocycles. The van der Waals surface area contributed by atoms with Gasteiger partial charge in [0.15, 0.2) is 0 Å². The van der Waals surface area contributed by atoms with Gasteiger partial charge in [0.05, 0.1) is 4.47 Å². The Bertz CT molecular complexity index is 511. The highest BCUT2D eigenvalue weighted by Crippen LogP contribution is 2.25. The van der Waals surface area contributed by atoms with E-state index in [2.05, 4.69) is 15.9 Å². The molecule has 88 valence electrons. The van der Waals surface area contributed by atoms with E-state index in [9.17, 15) is 8.78 Å². The highest BCUT2D eigenvalue weighted by molar-refractivity contribution is 9.10. The predicted molar refractivity (Wildman–Crippen MR) is 70.1 cm³/mol. The molecule has 0 amide bonds. The third-order valence-corrected chi connectivity index (χ3v) is 3.89. The van der Waals surface area contributed by atoms with Crippen LogP contribution < -0.4 is 0 Å². The Morgan fingerprint density at radius 2 is 1.71 bits per heavy atom. The third-order valence-electron chi connectivity index (χ3n) is 2.20. The SMILES string of the molecule is Fc1ccc(SCc2ccc(F)c(Br)c2)cc1. The standard InChI is InChI=1S/C13H9BrF2S/c14-12-7-9(1-6-13(12)16)8-17-11-4-2-10(15)3-5-11/h1-7H,8H2. The van der Waals surface area contributed by atoms with E-state index in [-0.39, 0.29) is 11.6 Å². The zero-order valence-corrected chi connectivity index (χ0v) is 11.2. The number of hydrogen-bond acceptors (Lipinski definition) is 1. The Hall–Kier alpha value is -0.870. The van der Waals surface area contributed by atoms with Crippen molar-refractivity contribution in [1.82, 2.24) is 0 Å². The maximum atomic E-state index is 13.0. The van der Waals surface area contributed by atoms with Crippen LogP contribution in [0.2, 0.25) is 0 Å². The molecule has 2 aromatic carbocycles. The van der Waals surface area contributed by atoms with Crippen molar-refractivity contribution in [3.63, 3.8) is 0 Å². The van der Waals surface area contributed by atoms with Gasteiger partial charge in [0, 0.05) is 10.6 Å². The van der Waals surface area contributed by atoms with Crippen LogP contribution in [0.15, 0.2) is 51.8 Å². The lowest BCUT2D eigenvalue weighted by atomic mass is 10.2. The molecule has 2 aromatic rings. The summed E-state index contributed by atoms with van der Waals surface area (Å²) in [5.74, 6) is 0.226. The lowest BCUT2D eigenvalue weighted by Crippen LogP contribution is -1.84. The fourth-order valence-corrected chi connectivity index (χ4v) is 2.59. The first kappa shape index (κ1) is 12.6. The molecule has 0 saturated heterocycles. The van der Waals surface area contributed by atoms with Crippen LogP contribution in [0.4, 0.5) is 8.78 Å². The normalized spacial score (nSPS) is 10.5. The van der Waals surface area contributed by atoms with Crippen molar-refractivity contribution in [2.45, 2.75) is 10.6 Å². The van der Waals surface area contributed by atoms with Gasteiger partial charge >= 0.3 is 0 Å². The summed E-state index contributed by atoms with van der Waals surface area (Å²) >= 11 is 4.73. The van der Waals surface area contributed by atoms with Crippen molar-refractivity contribution < 1.29 is 8.78 Å². The smallest absolute Gasteiger partial charge is 0.137 e. The Kier molecular flexibility index (Phi) is 4.18. The first-order valence-corrected chi connectivity index (χ1v) is 6.75.